The minimum absolute atomic E-state index is 0.0307. The van der Waals surface area contributed by atoms with Gasteiger partial charge < -0.3 is 0 Å². The molecule has 0 aliphatic heterocycles. The van der Waals surface area contributed by atoms with Crippen molar-refractivity contribution in [1.82, 2.24) is 0 Å². The Balaban J connectivity index is 0.00000137. The third-order valence-electron chi connectivity index (χ3n) is 3.21. The second-order valence-corrected chi connectivity index (χ2v) is 5.11. The summed E-state index contributed by atoms with van der Waals surface area (Å²) < 4.78 is 0. The molecule has 0 heterocycles. The molecule has 0 aromatic heterocycles. The van der Waals surface area contributed by atoms with Gasteiger partial charge in [0.25, 0.3) is 0 Å². The molecule has 0 saturated heterocycles. The maximum Gasteiger partial charge on any atom is 0.168 e. The second-order valence-electron chi connectivity index (χ2n) is 5.11. The molecule has 1 saturated carbocycles. The van der Waals surface area contributed by atoms with Gasteiger partial charge in [0.1, 0.15) is 5.78 Å². The lowest BCUT2D eigenvalue weighted by molar-refractivity contribution is -0.132. The Labute approximate surface area is 112 Å². The van der Waals surface area contributed by atoms with E-state index in [2.05, 4.69) is 13.8 Å². The number of ketones is 2. The molecule has 1 aliphatic carbocycles. The number of Topliss-reactive ketones (excluding diaryl/α,β-unsaturated/α-hetero) is 1. The van der Waals surface area contributed by atoms with Crippen molar-refractivity contribution in [3.63, 3.8) is 0 Å². The highest BCUT2D eigenvalue weighted by molar-refractivity contribution is 6.14. The van der Waals surface area contributed by atoms with Gasteiger partial charge >= 0.3 is 0 Å². The van der Waals surface area contributed by atoms with Crippen molar-refractivity contribution in [3.8, 4) is 0 Å². The summed E-state index contributed by atoms with van der Waals surface area (Å²) in [6, 6.07) is 0. The molecule has 0 unspecified atom stereocenters. The Morgan fingerprint density at radius 1 is 1.22 bits per heavy atom. The Morgan fingerprint density at radius 3 is 2.17 bits per heavy atom. The number of rotatable bonds is 7. The molecule has 0 spiro atoms. The second kappa shape index (κ2) is 8.23. The summed E-state index contributed by atoms with van der Waals surface area (Å²) in [6.07, 6.45) is 7.27. The highest BCUT2D eigenvalue weighted by atomic mass is 16.2. The summed E-state index contributed by atoms with van der Waals surface area (Å²) in [7, 11) is 0. The largest absolute Gasteiger partial charge is 0.299 e. The van der Waals surface area contributed by atoms with Crippen LogP contribution < -0.4 is 0 Å². The van der Waals surface area contributed by atoms with Crippen LogP contribution in [-0.4, -0.2) is 11.6 Å². The summed E-state index contributed by atoms with van der Waals surface area (Å²) in [5.41, 5.74) is -0.611. The van der Waals surface area contributed by atoms with E-state index < -0.39 is 5.41 Å². The van der Waals surface area contributed by atoms with Crippen molar-refractivity contribution in [1.29, 1.82) is 0 Å². The molecule has 2 nitrogen and oxygen atoms in total. The summed E-state index contributed by atoms with van der Waals surface area (Å²) in [4.78, 5) is 23.8. The smallest absolute Gasteiger partial charge is 0.168 e. The minimum atomic E-state index is -0.611. The van der Waals surface area contributed by atoms with E-state index in [0.29, 0.717) is 12.3 Å². The molecule has 0 aromatic carbocycles. The first-order valence-electron chi connectivity index (χ1n) is 7.27. The van der Waals surface area contributed by atoms with Gasteiger partial charge in [-0.05, 0) is 37.7 Å². The van der Waals surface area contributed by atoms with E-state index in [1.165, 1.54) is 0 Å². The standard InChI is InChI=1S/C14H22O2.C2H6/c1-4-5-6-12(15)14(9-10-14)13(16)8-7-11(2)3;1-2/h5-6,11H,4,7-10H2,1-3H3;1-2H3/b6-5+;. The van der Waals surface area contributed by atoms with Crippen LogP contribution in [0, 0.1) is 11.3 Å². The van der Waals surface area contributed by atoms with Crippen LogP contribution in [-0.2, 0) is 9.59 Å². The first kappa shape index (κ1) is 17.1. The molecule has 0 radical (unpaired) electrons. The van der Waals surface area contributed by atoms with Crippen LogP contribution in [0.5, 0.6) is 0 Å². The lowest BCUT2D eigenvalue weighted by atomic mass is 9.90. The molecule has 1 fully saturated rings. The molecule has 0 bridgehead atoms. The molecule has 104 valence electrons. The topological polar surface area (TPSA) is 34.1 Å². The van der Waals surface area contributed by atoms with Gasteiger partial charge in [-0.2, -0.15) is 0 Å². The highest BCUT2D eigenvalue weighted by Gasteiger charge is 2.53. The predicted octanol–water partition coefficient (Wildman–Crippen LogP) is 4.33. The molecule has 18 heavy (non-hydrogen) atoms. The third-order valence-corrected chi connectivity index (χ3v) is 3.21. The van der Waals surface area contributed by atoms with Crippen LogP contribution >= 0.6 is 0 Å². The van der Waals surface area contributed by atoms with Crippen molar-refractivity contribution >= 4 is 11.6 Å². The van der Waals surface area contributed by atoms with E-state index in [-0.39, 0.29) is 11.6 Å². The van der Waals surface area contributed by atoms with Crippen LogP contribution in [0.3, 0.4) is 0 Å². The Kier molecular flexibility index (Phi) is 7.81. The van der Waals surface area contributed by atoms with E-state index in [4.69, 9.17) is 0 Å². The monoisotopic (exact) mass is 252 g/mol. The highest BCUT2D eigenvalue weighted by Crippen LogP contribution is 2.48. The van der Waals surface area contributed by atoms with Crippen LogP contribution in [0.4, 0.5) is 0 Å². The van der Waals surface area contributed by atoms with E-state index >= 15 is 0 Å². The maximum atomic E-state index is 12.0. The minimum Gasteiger partial charge on any atom is -0.299 e. The summed E-state index contributed by atoms with van der Waals surface area (Å²) in [5, 5.41) is 0. The van der Waals surface area contributed by atoms with Gasteiger partial charge in [0.2, 0.25) is 0 Å². The maximum absolute atomic E-state index is 12.0. The van der Waals surface area contributed by atoms with Crippen molar-refractivity contribution < 1.29 is 9.59 Å². The van der Waals surface area contributed by atoms with Crippen molar-refractivity contribution in [2.24, 2.45) is 11.3 Å². The fourth-order valence-corrected chi connectivity index (χ4v) is 1.83. The molecule has 1 rings (SSSR count). The summed E-state index contributed by atoms with van der Waals surface area (Å²) >= 11 is 0. The number of allylic oxidation sites excluding steroid dienone is 2. The lowest BCUT2D eigenvalue weighted by Gasteiger charge is -2.11. The van der Waals surface area contributed by atoms with Gasteiger partial charge in [-0.15, -0.1) is 0 Å². The van der Waals surface area contributed by atoms with Crippen LogP contribution in [0.25, 0.3) is 0 Å². The van der Waals surface area contributed by atoms with Gasteiger partial charge in [0.15, 0.2) is 5.78 Å². The van der Waals surface area contributed by atoms with E-state index in [1.54, 1.807) is 6.08 Å². The SMILES string of the molecule is CC.CC/C=C/C(=O)C1(C(=O)CCC(C)C)CC1. The Hall–Kier alpha value is -0.920. The van der Waals surface area contributed by atoms with Gasteiger partial charge in [-0.25, -0.2) is 0 Å². The molecule has 0 amide bonds. The number of carbonyl (C=O) groups is 2. The van der Waals surface area contributed by atoms with Crippen LogP contribution in [0.2, 0.25) is 0 Å². The molecule has 0 aromatic rings. The quantitative estimate of drug-likeness (QED) is 0.499. The van der Waals surface area contributed by atoms with Gasteiger partial charge in [-0.1, -0.05) is 40.7 Å². The van der Waals surface area contributed by atoms with Gasteiger partial charge in [0.05, 0.1) is 5.41 Å². The molecule has 0 atom stereocenters. The predicted molar refractivity (Wildman–Crippen MR) is 76.5 cm³/mol. The number of carbonyl (C=O) groups excluding carboxylic acids is 2. The average molecular weight is 252 g/mol. The van der Waals surface area contributed by atoms with E-state index in [0.717, 1.165) is 25.7 Å². The number of hydrogen-bond acceptors (Lipinski definition) is 2. The lowest BCUT2D eigenvalue weighted by Crippen LogP contribution is -2.24. The molecular formula is C16H28O2. The van der Waals surface area contributed by atoms with E-state index in [1.807, 2.05) is 26.8 Å². The molecular weight excluding hydrogens is 224 g/mol. The first-order valence-corrected chi connectivity index (χ1v) is 7.27. The fourth-order valence-electron chi connectivity index (χ4n) is 1.83. The zero-order valence-electron chi connectivity index (χ0n) is 12.6. The molecule has 2 heteroatoms. The van der Waals surface area contributed by atoms with E-state index in [9.17, 15) is 9.59 Å². The summed E-state index contributed by atoms with van der Waals surface area (Å²) in [5.74, 6) is 0.719. The fraction of sp³-hybridized carbons (Fsp3) is 0.750. The Morgan fingerprint density at radius 2 is 1.78 bits per heavy atom. The van der Waals surface area contributed by atoms with Crippen molar-refractivity contribution in [2.45, 2.75) is 66.7 Å². The normalized spacial score (nSPS) is 16.3. The zero-order valence-corrected chi connectivity index (χ0v) is 12.6. The molecule has 1 aliphatic rings. The third kappa shape index (κ3) is 4.75. The van der Waals surface area contributed by atoms with Crippen LogP contribution in [0.15, 0.2) is 12.2 Å². The molecule has 0 N–H and O–H groups in total. The first-order chi connectivity index (χ1) is 8.53. The van der Waals surface area contributed by atoms with Crippen molar-refractivity contribution in [2.75, 3.05) is 0 Å². The zero-order chi connectivity index (χ0) is 14.2. The Bertz CT molecular complexity index is 296. The van der Waals surface area contributed by atoms with Gasteiger partial charge in [-0.3, -0.25) is 9.59 Å². The average Bonchev–Trinajstić information content (AvgIpc) is 3.16. The summed E-state index contributed by atoms with van der Waals surface area (Å²) in [6.45, 7) is 10.2. The van der Waals surface area contributed by atoms with Crippen LogP contribution in [0.1, 0.15) is 66.7 Å². The van der Waals surface area contributed by atoms with Gasteiger partial charge in [0, 0.05) is 6.42 Å². The number of hydrogen-bond donors (Lipinski definition) is 0. The van der Waals surface area contributed by atoms with Crippen molar-refractivity contribution in [3.05, 3.63) is 12.2 Å².